The Morgan fingerprint density at radius 1 is 1.35 bits per heavy atom. The van der Waals surface area contributed by atoms with Gasteiger partial charge in [0.25, 0.3) is 0 Å². The van der Waals surface area contributed by atoms with Crippen LogP contribution in [0.1, 0.15) is 51.2 Å². The van der Waals surface area contributed by atoms with Gasteiger partial charge in [0.1, 0.15) is 6.10 Å². The SMILES string of the molecule is CCCC[C@@]1(C)C[C@H](c2ccccc2)OC1=O. The zero-order chi connectivity index (χ0) is 12.3. The maximum absolute atomic E-state index is 12.0. The first-order chi connectivity index (χ1) is 8.15. The van der Waals surface area contributed by atoms with Crippen molar-refractivity contribution < 1.29 is 9.53 Å². The van der Waals surface area contributed by atoms with Crippen LogP contribution in [0.4, 0.5) is 0 Å². The standard InChI is InChI=1S/C15H20O2/c1-3-4-10-15(2)11-13(17-14(15)16)12-8-6-5-7-9-12/h5-9,13H,3-4,10-11H2,1-2H3/t13-,15+/m1/s1. The molecule has 0 bridgehead atoms. The van der Waals surface area contributed by atoms with Crippen LogP contribution in [-0.2, 0) is 9.53 Å². The summed E-state index contributed by atoms with van der Waals surface area (Å²) in [5.74, 6) is -0.0280. The van der Waals surface area contributed by atoms with Gasteiger partial charge in [-0.05, 0) is 18.9 Å². The molecule has 1 heterocycles. The summed E-state index contributed by atoms with van der Waals surface area (Å²) >= 11 is 0. The number of carbonyl (C=O) groups excluding carboxylic acids is 1. The van der Waals surface area contributed by atoms with E-state index in [0.29, 0.717) is 0 Å². The summed E-state index contributed by atoms with van der Waals surface area (Å²) in [6.45, 7) is 4.19. The normalized spacial score (nSPS) is 28.1. The first kappa shape index (κ1) is 12.2. The van der Waals surface area contributed by atoms with Crippen molar-refractivity contribution >= 4 is 5.97 Å². The molecule has 2 heteroatoms. The Hall–Kier alpha value is -1.31. The van der Waals surface area contributed by atoms with Gasteiger partial charge < -0.3 is 4.74 Å². The Kier molecular flexibility index (Phi) is 3.51. The van der Waals surface area contributed by atoms with E-state index in [9.17, 15) is 4.79 Å². The number of cyclic esters (lactones) is 1. The minimum atomic E-state index is -0.281. The number of rotatable bonds is 4. The van der Waals surface area contributed by atoms with E-state index in [1.165, 1.54) is 0 Å². The molecule has 2 nitrogen and oxygen atoms in total. The minimum Gasteiger partial charge on any atom is -0.457 e. The van der Waals surface area contributed by atoms with E-state index in [4.69, 9.17) is 4.74 Å². The van der Waals surface area contributed by atoms with Crippen molar-refractivity contribution in [2.24, 2.45) is 5.41 Å². The minimum absolute atomic E-state index is 0.0280. The molecule has 1 saturated heterocycles. The summed E-state index contributed by atoms with van der Waals surface area (Å²) in [7, 11) is 0. The monoisotopic (exact) mass is 232 g/mol. The maximum Gasteiger partial charge on any atom is 0.312 e. The van der Waals surface area contributed by atoms with Gasteiger partial charge in [0.15, 0.2) is 0 Å². The van der Waals surface area contributed by atoms with Gasteiger partial charge >= 0.3 is 5.97 Å². The largest absolute Gasteiger partial charge is 0.457 e. The molecule has 17 heavy (non-hydrogen) atoms. The number of unbranched alkanes of at least 4 members (excludes halogenated alkanes) is 1. The average molecular weight is 232 g/mol. The molecular formula is C15H20O2. The van der Waals surface area contributed by atoms with E-state index in [-0.39, 0.29) is 17.5 Å². The average Bonchev–Trinajstić information content (AvgIpc) is 2.65. The fourth-order valence-electron chi connectivity index (χ4n) is 2.43. The van der Waals surface area contributed by atoms with Crippen molar-refractivity contribution in [3.63, 3.8) is 0 Å². The molecule has 1 aromatic rings. The molecule has 2 rings (SSSR count). The molecule has 1 aliphatic rings. The molecule has 1 aromatic carbocycles. The van der Waals surface area contributed by atoms with Gasteiger partial charge in [-0.1, -0.05) is 50.1 Å². The number of esters is 1. The quantitative estimate of drug-likeness (QED) is 0.736. The number of hydrogen-bond donors (Lipinski definition) is 0. The van der Waals surface area contributed by atoms with Crippen molar-refractivity contribution in [2.45, 2.75) is 45.6 Å². The topological polar surface area (TPSA) is 26.3 Å². The van der Waals surface area contributed by atoms with Crippen LogP contribution < -0.4 is 0 Å². The van der Waals surface area contributed by atoms with Crippen molar-refractivity contribution in [1.29, 1.82) is 0 Å². The van der Waals surface area contributed by atoms with Crippen LogP contribution in [0.2, 0.25) is 0 Å². The van der Waals surface area contributed by atoms with Gasteiger partial charge in [0.05, 0.1) is 5.41 Å². The van der Waals surface area contributed by atoms with Crippen molar-refractivity contribution in [2.75, 3.05) is 0 Å². The summed E-state index contributed by atoms with van der Waals surface area (Å²) in [6.07, 6.45) is 3.92. The molecule has 0 amide bonds. The van der Waals surface area contributed by atoms with Crippen LogP contribution in [0.25, 0.3) is 0 Å². The molecule has 0 radical (unpaired) electrons. The fraction of sp³-hybridized carbons (Fsp3) is 0.533. The Morgan fingerprint density at radius 3 is 2.71 bits per heavy atom. The predicted molar refractivity (Wildman–Crippen MR) is 67.5 cm³/mol. The van der Waals surface area contributed by atoms with Gasteiger partial charge in [0.2, 0.25) is 0 Å². The maximum atomic E-state index is 12.0. The highest BCUT2D eigenvalue weighted by Crippen LogP contribution is 2.44. The number of ether oxygens (including phenoxy) is 1. The van der Waals surface area contributed by atoms with E-state index >= 15 is 0 Å². The summed E-state index contributed by atoms with van der Waals surface area (Å²) in [5.41, 5.74) is 0.831. The third-order valence-corrected chi connectivity index (χ3v) is 3.63. The number of carbonyl (C=O) groups is 1. The first-order valence-electron chi connectivity index (χ1n) is 6.42. The summed E-state index contributed by atoms with van der Waals surface area (Å²) < 4.78 is 5.52. The third-order valence-electron chi connectivity index (χ3n) is 3.63. The van der Waals surface area contributed by atoms with E-state index in [1.807, 2.05) is 37.3 Å². The second-order valence-electron chi connectivity index (χ2n) is 5.17. The lowest BCUT2D eigenvalue weighted by Crippen LogP contribution is -2.21. The van der Waals surface area contributed by atoms with Crippen LogP contribution in [0, 0.1) is 5.41 Å². The van der Waals surface area contributed by atoms with E-state index in [1.54, 1.807) is 0 Å². The highest BCUT2D eigenvalue weighted by atomic mass is 16.6. The predicted octanol–water partition coefficient (Wildman–Crippen LogP) is 3.87. The Bertz CT molecular complexity index is 385. The molecule has 1 fully saturated rings. The summed E-state index contributed by atoms with van der Waals surface area (Å²) in [6, 6.07) is 10.0. The van der Waals surface area contributed by atoms with Crippen LogP contribution in [-0.4, -0.2) is 5.97 Å². The second-order valence-corrected chi connectivity index (χ2v) is 5.17. The van der Waals surface area contributed by atoms with Gasteiger partial charge in [-0.3, -0.25) is 4.79 Å². The molecule has 0 aliphatic carbocycles. The summed E-state index contributed by atoms with van der Waals surface area (Å²) in [4.78, 5) is 12.0. The molecule has 2 atom stereocenters. The molecule has 0 N–H and O–H groups in total. The van der Waals surface area contributed by atoms with E-state index < -0.39 is 0 Å². The van der Waals surface area contributed by atoms with Crippen molar-refractivity contribution in [1.82, 2.24) is 0 Å². The fourth-order valence-corrected chi connectivity index (χ4v) is 2.43. The van der Waals surface area contributed by atoms with Crippen molar-refractivity contribution in [3.05, 3.63) is 35.9 Å². The van der Waals surface area contributed by atoms with Crippen LogP contribution in [0.3, 0.4) is 0 Å². The van der Waals surface area contributed by atoms with E-state index in [0.717, 1.165) is 31.2 Å². The lowest BCUT2D eigenvalue weighted by atomic mass is 9.81. The summed E-state index contributed by atoms with van der Waals surface area (Å²) in [5, 5.41) is 0. The van der Waals surface area contributed by atoms with Gasteiger partial charge in [-0.2, -0.15) is 0 Å². The van der Waals surface area contributed by atoms with E-state index in [2.05, 4.69) is 6.92 Å². The van der Waals surface area contributed by atoms with Crippen molar-refractivity contribution in [3.8, 4) is 0 Å². The lowest BCUT2D eigenvalue weighted by Gasteiger charge is -2.17. The highest BCUT2D eigenvalue weighted by Gasteiger charge is 2.44. The second kappa shape index (κ2) is 4.91. The molecule has 0 aromatic heterocycles. The van der Waals surface area contributed by atoms with Gasteiger partial charge in [-0.15, -0.1) is 0 Å². The molecule has 1 aliphatic heterocycles. The van der Waals surface area contributed by atoms with Crippen LogP contribution in [0.5, 0.6) is 0 Å². The first-order valence-corrected chi connectivity index (χ1v) is 6.42. The zero-order valence-corrected chi connectivity index (χ0v) is 10.6. The Labute approximate surface area is 103 Å². The molecule has 0 unspecified atom stereocenters. The van der Waals surface area contributed by atoms with Crippen LogP contribution in [0.15, 0.2) is 30.3 Å². The number of benzene rings is 1. The highest BCUT2D eigenvalue weighted by molar-refractivity contribution is 5.78. The number of hydrogen-bond acceptors (Lipinski definition) is 2. The Morgan fingerprint density at radius 2 is 2.06 bits per heavy atom. The Balaban J connectivity index is 2.09. The van der Waals surface area contributed by atoms with Gasteiger partial charge in [-0.25, -0.2) is 0 Å². The van der Waals surface area contributed by atoms with Crippen LogP contribution >= 0.6 is 0 Å². The molecule has 0 spiro atoms. The zero-order valence-electron chi connectivity index (χ0n) is 10.6. The molecule has 92 valence electrons. The lowest BCUT2D eigenvalue weighted by molar-refractivity contribution is -0.148. The molecular weight excluding hydrogens is 212 g/mol. The van der Waals surface area contributed by atoms with Gasteiger partial charge in [0, 0.05) is 6.42 Å². The third kappa shape index (κ3) is 2.51. The smallest absolute Gasteiger partial charge is 0.312 e. The molecule has 0 saturated carbocycles.